The largest absolute Gasteiger partial charge is 0.458 e. The molecule has 2 rings (SSSR count). The summed E-state index contributed by atoms with van der Waals surface area (Å²) in [6, 6.07) is 0. The lowest BCUT2D eigenvalue weighted by atomic mass is 9.75. The average Bonchev–Trinajstić information content (AvgIpc) is 3.12. The second-order valence-corrected chi connectivity index (χ2v) is 8.63. The molecule has 2 aliphatic carbocycles. The molecule has 5 atom stereocenters. The molecule has 0 heterocycles. The first-order valence-corrected chi connectivity index (χ1v) is 9.33. The molecule has 168 valence electrons. The van der Waals surface area contributed by atoms with E-state index in [1.807, 2.05) is 0 Å². The van der Waals surface area contributed by atoms with Crippen LogP contribution in [0.1, 0.15) is 47.0 Å². The Kier molecular flexibility index (Phi) is 6.15. The van der Waals surface area contributed by atoms with Crippen LogP contribution < -0.4 is 0 Å². The van der Waals surface area contributed by atoms with E-state index in [-0.39, 0.29) is 17.4 Å². The molecule has 2 aliphatic rings. The molecular formula is C19H26F6O4. The van der Waals surface area contributed by atoms with E-state index in [0.29, 0.717) is 19.8 Å². The van der Waals surface area contributed by atoms with Gasteiger partial charge in [-0.3, -0.25) is 0 Å². The van der Waals surface area contributed by atoms with Crippen molar-refractivity contribution in [2.75, 3.05) is 0 Å². The lowest BCUT2D eigenvalue weighted by Gasteiger charge is -2.46. The smallest absolute Gasteiger partial charge is 0.428 e. The lowest BCUT2D eigenvalue weighted by molar-refractivity contribution is -0.400. The molecule has 0 spiro atoms. The van der Waals surface area contributed by atoms with Gasteiger partial charge in [-0.25, -0.2) is 4.79 Å². The zero-order chi connectivity index (χ0) is 22.6. The maximum absolute atomic E-state index is 13.2. The van der Waals surface area contributed by atoms with Gasteiger partial charge in [-0.15, -0.1) is 0 Å². The Labute approximate surface area is 165 Å². The van der Waals surface area contributed by atoms with Gasteiger partial charge in [-0.05, 0) is 58.8 Å². The number of hydrogen-bond acceptors (Lipinski definition) is 4. The molecule has 0 radical (unpaired) electrons. The monoisotopic (exact) mass is 432 g/mol. The molecule has 0 aromatic carbocycles. The van der Waals surface area contributed by atoms with Gasteiger partial charge in [0.15, 0.2) is 0 Å². The van der Waals surface area contributed by atoms with Gasteiger partial charge in [-0.2, -0.15) is 26.3 Å². The molecule has 10 heteroatoms. The summed E-state index contributed by atoms with van der Waals surface area (Å²) in [7, 11) is 0. The van der Waals surface area contributed by atoms with Crippen molar-refractivity contribution in [1.29, 1.82) is 0 Å². The van der Waals surface area contributed by atoms with Crippen molar-refractivity contribution in [3.8, 4) is 0 Å². The summed E-state index contributed by atoms with van der Waals surface area (Å²) in [6.45, 7) is 8.21. The van der Waals surface area contributed by atoms with Gasteiger partial charge in [0.2, 0.25) is 0 Å². The van der Waals surface area contributed by atoms with Crippen LogP contribution in [0.4, 0.5) is 26.3 Å². The highest BCUT2D eigenvalue weighted by Crippen LogP contribution is 2.55. The summed E-state index contributed by atoms with van der Waals surface area (Å²) in [4.78, 5) is 12.0. The fraction of sp³-hybridized carbons (Fsp3) is 0.842. The number of fused-ring (bicyclic) bond motifs is 2. The van der Waals surface area contributed by atoms with Crippen molar-refractivity contribution in [1.82, 2.24) is 0 Å². The molecule has 0 amide bonds. The standard InChI is InChI=1S/C19H26F6O4/c1-9(2)15(26)28-14-12-7-6-11(8-12)13(14)16(4,5)29-10(3)17(27,18(20,21)22)19(23,24)25/h10-14,27H,1,6-8H2,2-5H3. The van der Waals surface area contributed by atoms with Gasteiger partial charge in [-0.1, -0.05) is 6.58 Å². The van der Waals surface area contributed by atoms with Crippen LogP contribution in [-0.4, -0.2) is 46.8 Å². The topological polar surface area (TPSA) is 55.8 Å². The second kappa shape index (κ2) is 7.44. The Hall–Kier alpha value is -1.29. The lowest BCUT2D eigenvalue weighted by Crippen LogP contribution is -2.65. The third-order valence-corrected chi connectivity index (χ3v) is 6.17. The minimum atomic E-state index is -5.98. The van der Waals surface area contributed by atoms with E-state index in [1.54, 1.807) is 0 Å². The quantitative estimate of drug-likeness (QED) is 0.380. The van der Waals surface area contributed by atoms with Crippen LogP contribution in [0, 0.1) is 17.8 Å². The number of carbonyl (C=O) groups excluding carboxylic acids is 1. The zero-order valence-corrected chi connectivity index (χ0v) is 16.7. The molecule has 5 unspecified atom stereocenters. The number of ether oxygens (including phenoxy) is 2. The Bertz CT molecular complexity index is 640. The average molecular weight is 432 g/mol. The number of aliphatic hydroxyl groups is 1. The van der Waals surface area contributed by atoms with Crippen LogP contribution >= 0.6 is 0 Å². The normalized spacial score (nSPS) is 29.1. The van der Waals surface area contributed by atoms with E-state index in [9.17, 15) is 36.2 Å². The molecule has 4 nitrogen and oxygen atoms in total. The van der Waals surface area contributed by atoms with E-state index in [1.165, 1.54) is 20.8 Å². The van der Waals surface area contributed by atoms with E-state index < -0.39 is 47.6 Å². The molecule has 29 heavy (non-hydrogen) atoms. The van der Waals surface area contributed by atoms with Crippen molar-refractivity contribution in [2.24, 2.45) is 17.8 Å². The van der Waals surface area contributed by atoms with Gasteiger partial charge in [0.25, 0.3) is 5.60 Å². The maximum atomic E-state index is 13.2. The second-order valence-electron chi connectivity index (χ2n) is 8.63. The Morgan fingerprint density at radius 2 is 1.55 bits per heavy atom. The van der Waals surface area contributed by atoms with Gasteiger partial charge in [0.05, 0.1) is 5.60 Å². The predicted octanol–water partition coefficient (Wildman–Crippen LogP) is 4.56. The van der Waals surface area contributed by atoms with Crippen LogP contribution in [0.3, 0.4) is 0 Å². The number of halogens is 6. The maximum Gasteiger partial charge on any atom is 0.428 e. The summed E-state index contributed by atoms with van der Waals surface area (Å²) in [5, 5.41) is 9.60. The molecule has 2 bridgehead atoms. The summed E-state index contributed by atoms with van der Waals surface area (Å²) in [6.07, 6.45) is -13.2. The molecule has 2 saturated carbocycles. The van der Waals surface area contributed by atoms with Crippen molar-refractivity contribution in [3.63, 3.8) is 0 Å². The summed E-state index contributed by atoms with van der Waals surface area (Å²) in [5.74, 6) is -1.40. The Morgan fingerprint density at radius 3 is 2.00 bits per heavy atom. The molecule has 0 saturated heterocycles. The van der Waals surface area contributed by atoms with Gasteiger partial charge < -0.3 is 14.6 Å². The first kappa shape index (κ1) is 24.0. The fourth-order valence-corrected chi connectivity index (χ4v) is 4.84. The van der Waals surface area contributed by atoms with Gasteiger partial charge in [0.1, 0.15) is 12.2 Å². The summed E-state index contributed by atoms with van der Waals surface area (Å²) >= 11 is 0. The number of hydrogen-bond donors (Lipinski definition) is 1. The predicted molar refractivity (Wildman–Crippen MR) is 90.7 cm³/mol. The number of alkyl halides is 6. The van der Waals surface area contributed by atoms with Crippen LogP contribution in [0.5, 0.6) is 0 Å². The van der Waals surface area contributed by atoms with Crippen LogP contribution in [-0.2, 0) is 14.3 Å². The highest BCUT2D eigenvalue weighted by atomic mass is 19.4. The van der Waals surface area contributed by atoms with E-state index >= 15 is 0 Å². The van der Waals surface area contributed by atoms with Crippen molar-refractivity contribution in [3.05, 3.63) is 12.2 Å². The van der Waals surface area contributed by atoms with Crippen LogP contribution in [0.25, 0.3) is 0 Å². The number of esters is 1. The van der Waals surface area contributed by atoms with Crippen molar-refractivity contribution < 1.29 is 45.7 Å². The molecule has 0 aliphatic heterocycles. The molecule has 2 fully saturated rings. The highest BCUT2D eigenvalue weighted by molar-refractivity contribution is 5.87. The number of carbonyl (C=O) groups is 1. The molecule has 0 aromatic rings. The highest BCUT2D eigenvalue weighted by Gasteiger charge is 2.74. The van der Waals surface area contributed by atoms with E-state index in [0.717, 1.165) is 6.42 Å². The zero-order valence-electron chi connectivity index (χ0n) is 16.7. The van der Waals surface area contributed by atoms with Gasteiger partial charge in [0, 0.05) is 11.5 Å². The SMILES string of the molecule is C=C(C)C(=O)OC1C2CCC(C2)C1C(C)(C)OC(C)C(O)(C(F)(F)F)C(F)(F)F. The summed E-state index contributed by atoms with van der Waals surface area (Å²) in [5.41, 5.74) is -6.41. The molecule has 0 aromatic heterocycles. The van der Waals surface area contributed by atoms with Crippen molar-refractivity contribution in [2.45, 2.75) is 82.7 Å². The van der Waals surface area contributed by atoms with Crippen LogP contribution in [0.2, 0.25) is 0 Å². The van der Waals surface area contributed by atoms with Crippen molar-refractivity contribution >= 4 is 5.97 Å². The third kappa shape index (κ3) is 4.15. The number of rotatable bonds is 6. The Balaban J connectivity index is 2.30. The van der Waals surface area contributed by atoms with Gasteiger partial charge >= 0.3 is 18.3 Å². The minimum Gasteiger partial charge on any atom is -0.458 e. The minimum absolute atomic E-state index is 0.0457. The Morgan fingerprint density at radius 1 is 1.07 bits per heavy atom. The summed E-state index contributed by atoms with van der Waals surface area (Å²) < 4.78 is 89.7. The van der Waals surface area contributed by atoms with Crippen LogP contribution in [0.15, 0.2) is 12.2 Å². The fourth-order valence-electron chi connectivity index (χ4n) is 4.84. The van der Waals surface area contributed by atoms with E-state index in [4.69, 9.17) is 9.47 Å². The molecular weight excluding hydrogens is 406 g/mol. The third-order valence-electron chi connectivity index (χ3n) is 6.17. The first-order valence-electron chi connectivity index (χ1n) is 9.33. The first-order chi connectivity index (χ1) is 12.9. The molecule has 1 N–H and O–H groups in total. The van der Waals surface area contributed by atoms with E-state index in [2.05, 4.69) is 6.58 Å².